The molecule has 0 N–H and O–H groups in total. The van der Waals surface area contributed by atoms with E-state index in [4.69, 9.17) is 4.43 Å². The summed E-state index contributed by atoms with van der Waals surface area (Å²) in [7, 11) is 0.855. The van der Waals surface area contributed by atoms with Gasteiger partial charge in [-0.25, -0.2) is 0 Å². The van der Waals surface area contributed by atoms with Gasteiger partial charge in [0, 0.05) is 5.60 Å². The summed E-state index contributed by atoms with van der Waals surface area (Å²) in [5.41, 5.74) is 0.127. The lowest BCUT2D eigenvalue weighted by Gasteiger charge is -2.26. The van der Waals surface area contributed by atoms with E-state index in [-0.39, 0.29) is 5.60 Å². The largest absolute Gasteiger partial charge is 0.423 e. The van der Waals surface area contributed by atoms with Crippen LogP contribution < -0.4 is 0 Å². The van der Waals surface area contributed by atoms with Crippen LogP contribution in [0.1, 0.15) is 40.5 Å². The number of rotatable bonds is 4. The second-order valence-electron chi connectivity index (χ2n) is 3.68. The Balaban J connectivity index is 3.64. The molecule has 0 aromatic rings. The first-order valence-electron chi connectivity index (χ1n) is 4.07. The molecule has 0 aliphatic rings. The molecule has 1 atom stereocenters. The zero-order valence-corrected chi connectivity index (χ0v) is 9.90. The standard InChI is InChI=1S/C8H20OSi/c1-5-7(2)6-8(3,4)9-10/h7H,5-6H2,1-4,10H3. The molecule has 0 radical (unpaired) electrons. The highest BCUT2D eigenvalue weighted by atomic mass is 28.2. The van der Waals surface area contributed by atoms with Crippen LogP contribution in [0.15, 0.2) is 0 Å². The van der Waals surface area contributed by atoms with Gasteiger partial charge in [-0.2, -0.15) is 0 Å². The Labute approximate surface area is 67.7 Å². The maximum Gasteiger partial charge on any atom is 0.146 e. The lowest BCUT2D eigenvalue weighted by molar-refractivity contribution is 0.0933. The van der Waals surface area contributed by atoms with Crippen molar-refractivity contribution in [1.82, 2.24) is 0 Å². The molecule has 0 amide bonds. The predicted octanol–water partition coefficient (Wildman–Crippen LogP) is 1.50. The molecule has 10 heavy (non-hydrogen) atoms. The highest BCUT2D eigenvalue weighted by Gasteiger charge is 2.17. The Morgan fingerprint density at radius 2 is 2.00 bits per heavy atom. The average Bonchev–Trinajstić information content (AvgIpc) is 1.87. The van der Waals surface area contributed by atoms with Crippen LogP contribution in [0.3, 0.4) is 0 Å². The molecule has 62 valence electrons. The molecule has 0 rings (SSSR count). The van der Waals surface area contributed by atoms with Crippen molar-refractivity contribution in [2.75, 3.05) is 0 Å². The van der Waals surface area contributed by atoms with Gasteiger partial charge in [-0.1, -0.05) is 20.3 Å². The van der Waals surface area contributed by atoms with Crippen molar-refractivity contribution >= 4 is 10.5 Å². The van der Waals surface area contributed by atoms with Gasteiger partial charge in [-0.3, -0.25) is 0 Å². The predicted molar refractivity (Wildman–Crippen MR) is 49.2 cm³/mol. The molecule has 0 spiro atoms. The van der Waals surface area contributed by atoms with Gasteiger partial charge in [0.2, 0.25) is 0 Å². The summed E-state index contributed by atoms with van der Waals surface area (Å²) >= 11 is 0. The van der Waals surface area contributed by atoms with E-state index in [1.807, 2.05) is 0 Å². The molecule has 0 aliphatic carbocycles. The van der Waals surface area contributed by atoms with Crippen molar-refractivity contribution in [3.63, 3.8) is 0 Å². The molecule has 0 bridgehead atoms. The Hall–Kier alpha value is 0.177. The molecule has 1 nitrogen and oxygen atoms in total. The van der Waals surface area contributed by atoms with Crippen LogP contribution in [0.2, 0.25) is 0 Å². The maximum atomic E-state index is 5.45. The third-order valence-corrected chi connectivity index (χ3v) is 3.19. The van der Waals surface area contributed by atoms with Gasteiger partial charge in [-0.15, -0.1) is 0 Å². The monoisotopic (exact) mass is 160 g/mol. The Kier molecular flexibility index (Phi) is 4.21. The van der Waals surface area contributed by atoms with E-state index in [9.17, 15) is 0 Å². The molecule has 0 aromatic heterocycles. The van der Waals surface area contributed by atoms with Crippen molar-refractivity contribution in [3.05, 3.63) is 0 Å². The third kappa shape index (κ3) is 4.07. The maximum absolute atomic E-state index is 5.45. The van der Waals surface area contributed by atoms with E-state index in [2.05, 4.69) is 27.7 Å². The van der Waals surface area contributed by atoms with Crippen LogP contribution in [-0.2, 0) is 4.43 Å². The SMILES string of the molecule is CCC(C)CC(C)(C)O[SiH3]. The first kappa shape index (κ1) is 10.2. The summed E-state index contributed by atoms with van der Waals surface area (Å²) in [6, 6.07) is 0. The Morgan fingerprint density at radius 1 is 1.50 bits per heavy atom. The highest BCUT2D eigenvalue weighted by Crippen LogP contribution is 2.20. The van der Waals surface area contributed by atoms with E-state index >= 15 is 0 Å². The molecule has 0 aromatic carbocycles. The summed E-state index contributed by atoms with van der Waals surface area (Å²) in [6.45, 7) is 8.86. The van der Waals surface area contributed by atoms with Gasteiger partial charge in [0.15, 0.2) is 0 Å². The van der Waals surface area contributed by atoms with Crippen LogP contribution in [0.4, 0.5) is 0 Å². The van der Waals surface area contributed by atoms with Gasteiger partial charge in [-0.05, 0) is 26.2 Å². The summed E-state index contributed by atoms with van der Waals surface area (Å²) in [6.07, 6.45) is 2.45. The minimum absolute atomic E-state index is 0.127. The summed E-state index contributed by atoms with van der Waals surface area (Å²) in [5.74, 6) is 0.795. The van der Waals surface area contributed by atoms with E-state index in [0.29, 0.717) is 0 Å². The normalized spacial score (nSPS) is 15.6. The van der Waals surface area contributed by atoms with Gasteiger partial charge in [0.25, 0.3) is 0 Å². The second kappa shape index (κ2) is 4.14. The molecule has 0 fully saturated rings. The van der Waals surface area contributed by atoms with E-state index in [1.165, 1.54) is 12.8 Å². The third-order valence-electron chi connectivity index (χ3n) is 2.09. The van der Waals surface area contributed by atoms with Crippen molar-refractivity contribution in [2.45, 2.75) is 46.1 Å². The first-order chi connectivity index (χ1) is 4.52. The van der Waals surface area contributed by atoms with E-state index in [1.54, 1.807) is 0 Å². The van der Waals surface area contributed by atoms with Crippen molar-refractivity contribution < 1.29 is 4.43 Å². The lowest BCUT2D eigenvalue weighted by Crippen LogP contribution is -2.25. The van der Waals surface area contributed by atoms with E-state index < -0.39 is 0 Å². The molecule has 0 saturated heterocycles. The molecule has 0 aliphatic heterocycles. The minimum Gasteiger partial charge on any atom is -0.423 e. The van der Waals surface area contributed by atoms with Gasteiger partial charge >= 0.3 is 0 Å². The van der Waals surface area contributed by atoms with Crippen LogP contribution in [-0.4, -0.2) is 16.1 Å². The molecule has 0 saturated carbocycles. The molecule has 0 heterocycles. The Morgan fingerprint density at radius 3 is 2.30 bits per heavy atom. The second-order valence-corrected chi connectivity index (χ2v) is 4.09. The first-order valence-corrected chi connectivity index (χ1v) is 4.88. The molecule has 2 heteroatoms. The number of hydrogen-bond acceptors (Lipinski definition) is 1. The Bertz CT molecular complexity index is 91.3. The summed E-state index contributed by atoms with van der Waals surface area (Å²) in [5, 5.41) is 0. The van der Waals surface area contributed by atoms with Crippen molar-refractivity contribution in [2.24, 2.45) is 5.92 Å². The quantitative estimate of drug-likeness (QED) is 0.566. The zero-order valence-electron chi connectivity index (χ0n) is 7.90. The highest BCUT2D eigenvalue weighted by molar-refractivity contribution is 5.98. The smallest absolute Gasteiger partial charge is 0.146 e. The van der Waals surface area contributed by atoms with Crippen molar-refractivity contribution in [1.29, 1.82) is 0 Å². The molecule has 1 unspecified atom stereocenters. The summed E-state index contributed by atoms with van der Waals surface area (Å²) < 4.78 is 5.45. The van der Waals surface area contributed by atoms with Crippen LogP contribution in [0.5, 0.6) is 0 Å². The van der Waals surface area contributed by atoms with Gasteiger partial charge in [0.1, 0.15) is 10.5 Å². The van der Waals surface area contributed by atoms with E-state index in [0.717, 1.165) is 16.4 Å². The summed E-state index contributed by atoms with van der Waals surface area (Å²) in [4.78, 5) is 0. The van der Waals surface area contributed by atoms with Gasteiger partial charge in [0.05, 0.1) is 0 Å². The molecular weight excluding hydrogens is 140 g/mol. The van der Waals surface area contributed by atoms with Crippen LogP contribution in [0, 0.1) is 5.92 Å². The van der Waals surface area contributed by atoms with Crippen molar-refractivity contribution in [3.8, 4) is 0 Å². The molecular formula is C8H20OSi. The fraction of sp³-hybridized carbons (Fsp3) is 1.00. The minimum atomic E-state index is 0.127. The fourth-order valence-corrected chi connectivity index (χ4v) is 1.23. The van der Waals surface area contributed by atoms with Gasteiger partial charge < -0.3 is 4.43 Å². The number of hydrogen-bond donors (Lipinski definition) is 0. The fourth-order valence-electron chi connectivity index (χ4n) is 1.07. The van der Waals surface area contributed by atoms with Crippen LogP contribution >= 0.6 is 0 Å². The topological polar surface area (TPSA) is 9.23 Å². The lowest BCUT2D eigenvalue weighted by atomic mass is 9.93. The average molecular weight is 160 g/mol. The van der Waals surface area contributed by atoms with Crippen LogP contribution in [0.25, 0.3) is 0 Å². The zero-order chi connectivity index (χ0) is 8.20.